The normalized spacial score (nSPS) is 10.1. The van der Waals surface area contributed by atoms with Gasteiger partial charge < -0.3 is 10.1 Å². The summed E-state index contributed by atoms with van der Waals surface area (Å²) in [5.74, 6) is 0.530. The van der Waals surface area contributed by atoms with Crippen LogP contribution in [0.1, 0.15) is 11.3 Å². The van der Waals surface area contributed by atoms with E-state index in [9.17, 15) is 4.79 Å². The van der Waals surface area contributed by atoms with Crippen molar-refractivity contribution < 1.29 is 9.53 Å². The minimum Gasteiger partial charge on any atom is -0.481 e. The van der Waals surface area contributed by atoms with Crippen LogP contribution in [0, 0.1) is 0 Å². The van der Waals surface area contributed by atoms with Gasteiger partial charge in [-0.2, -0.15) is 0 Å². The molecule has 0 saturated carbocycles. The predicted octanol–water partition coefficient (Wildman–Crippen LogP) is 2.72. The Kier molecular flexibility index (Phi) is 4.30. The highest BCUT2D eigenvalue weighted by molar-refractivity contribution is 7.09. The van der Waals surface area contributed by atoms with E-state index >= 15 is 0 Å². The maximum Gasteiger partial charge on any atom is 0.224 e. The molecule has 0 atom stereocenters. The molecule has 0 aliphatic carbocycles. The van der Waals surface area contributed by atoms with Gasteiger partial charge in [-0.3, -0.25) is 4.79 Å². The molecule has 0 bridgehead atoms. The first-order valence-electron chi connectivity index (χ1n) is 5.60. The maximum absolute atomic E-state index is 11.7. The summed E-state index contributed by atoms with van der Waals surface area (Å²) in [6, 6.07) is 7.52. The van der Waals surface area contributed by atoms with E-state index in [0.29, 0.717) is 18.0 Å². The Morgan fingerprint density at radius 1 is 1.44 bits per heavy atom. The molecule has 2 aromatic rings. The lowest BCUT2D eigenvalue weighted by Crippen LogP contribution is -2.12. The molecule has 94 valence electrons. The molecule has 0 aliphatic heterocycles. The number of aromatic nitrogens is 1. The summed E-state index contributed by atoms with van der Waals surface area (Å²) in [6.07, 6.45) is 2.83. The molecule has 5 heteroatoms. The fraction of sp³-hybridized carbons (Fsp3) is 0.231. The number of anilines is 1. The highest BCUT2D eigenvalue weighted by Crippen LogP contribution is 2.13. The lowest BCUT2D eigenvalue weighted by Gasteiger charge is -2.05. The van der Waals surface area contributed by atoms with E-state index < -0.39 is 0 Å². The smallest absolute Gasteiger partial charge is 0.224 e. The number of nitrogens with one attached hydrogen (secondary N) is 1. The van der Waals surface area contributed by atoms with Crippen molar-refractivity contribution in [2.75, 3.05) is 12.4 Å². The summed E-state index contributed by atoms with van der Waals surface area (Å²) in [6.45, 7) is 0. The van der Waals surface area contributed by atoms with Crippen LogP contribution in [0.2, 0.25) is 0 Å². The SMILES string of the molecule is COc1ccc(NC(=O)CCc2cccs2)cn1. The molecular formula is C13H14N2O2S. The van der Waals surface area contributed by atoms with Crippen LogP contribution in [0.15, 0.2) is 35.8 Å². The number of hydrogen-bond donors (Lipinski definition) is 1. The molecule has 1 amide bonds. The van der Waals surface area contributed by atoms with Crippen molar-refractivity contribution in [2.24, 2.45) is 0 Å². The average Bonchev–Trinajstić information content (AvgIpc) is 2.90. The highest BCUT2D eigenvalue weighted by atomic mass is 32.1. The van der Waals surface area contributed by atoms with Crippen LogP contribution < -0.4 is 10.1 Å². The molecule has 0 aliphatic rings. The molecule has 0 spiro atoms. The molecule has 2 aromatic heterocycles. The summed E-state index contributed by atoms with van der Waals surface area (Å²) in [7, 11) is 1.56. The first-order valence-corrected chi connectivity index (χ1v) is 6.48. The van der Waals surface area contributed by atoms with Crippen molar-refractivity contribution >= 4 is 22.9 Å². The van der Waals surface area contributed by atoms with Gasteiger partial charge in [0, 0.05) is 17.4 Å². The molecule has 1 N–H and O–H groups in total. The largest absolute Gasteiger partial charge is 0.481 e. The van der Waals surface area contributed by atoms with E-state index in [1.807, 2.05) is 17.5 Å². The number of nitrogens with zero attached hydrogens (tertiary/aromatic N) is 1. The Morgan fingerprint density at radius 3 is 2.94 bits per heavy atom. The van der Waals surface area contributed by atoms with Crippen molar-refractivity contribution in [3.63, 3.8) is 0 Å². The zero-order chi connectivity index (χ0) is 12.8. The van der Waals surface area contributed by atoms with E-state index in [1.165, 1.54) is 4.88 Å². The second kappa shape index (κ2) is 6.16. The van der Waals surface area contributed by atoms with Crippen molar-refractivity contribution in [1.29, 1.82) is 0 Å². The molecule has 0 aromatic carbocycles. The Balaban J connectivity index is 1.83. The Morgan fingerprint density at radius 2 is 2.33 bits per heavy atom. The van der Waals surface area contributed by atoms with Crippen molar-refractivity contribution in [3.8, 4) is 5.88 Å². The third-order valence-electron chi connectivity index (χ3n) is 2.41. The number of pyridine rings is 1. The average molecular weight is 262 g/mol. The Hall–Kier alpha value is -1.88. The van der Waals surface area contributed by atoms with Gasteiger partial charge >= 0.3 is 0 Å². The summed E-state index contributed by atoms with van der Waals surface area (Å²) < 4.78 is 4.95. The van der Waals surface area contributed by atoms with Gasteiger partial charge in [-0.15, -0.1) is 11.3 Å². The predicted molar refractivity (Wildman–Crippen MR) is 72.1 cm³/mol. The molecule has 18 heavy (non-hydrogen) atoms. The van der Waals surface area contributed by atoms with Gasteiger partial charge in [0.1, 0.15) is 0 Å². The number of methoxy groups -OCH3 is 1. The van der Waals surface area contributed by atoms with Gasteiger partial charge in [0.2, 0.25) is 11.8 Å². The van der Waals surface area contributed by atoms with Crippen LogP contribution >= 0.6 is 11.3 Å². The van der Waals surface area contributed by atoms with E-state index in [2.05, 4.69) is 10.3 Å². The van der Waals surface area contributed by atoms with E-state index in [4.69, 9.17) is 4.74 Å². The van der Waals surface area contributed by atoms with Crippen LogP contribution in [0.4, 0.5) is 5.69 Å². The second-order valence-corrected chi connectivity index (χ2v) is 4.75. The minimum atomic E-state index is -0.00429. The number of carbonyl (C=O) groups excluding carboxylic acids is 1. The number of carbonyl (C=O) groups is 1. The lowest BCUT2D eigenvalue weighted by atomic mass is 10.2. The number of rotatable bonds is 5. The molecular weight excluding hydrogens is 248 g/mol. The lowest BCUT2D eigenvalue weighted by molar-refractivity contribution is -0.116. The molecule has 0 unspecified atom stereocenters. The quantitative estimate of drug-likeness (QED) is 0.901. The number of ether oxygens (including phenoxy) is 1. The van der Waals surface area contributed by atoms with Gasteiger partial charge in [-0.05, 0) is 23.9 Å². The summed E-state index contributed by atoms with van der Waals surface area (Å²) >= 11 is 1.67. The fourth-order valence-corrected chi connectivity index (χ4v) is 2.20. The van der Waals surface area contributed by atoms with Gasteiger partial charge in [-0.25, -0.2) is 4.98 Å². The van der Waals surface area contributed by atoms with Crippen LogP contribution in [0.25, 0.3) is 0 Å². The molecule has 0 saturated heterocycles. The Labute approximate surface area is 110 Å². The standard InChI is InChI=1S/C13H14N2O2S/c1-17-13-7-4-10(9-14-13)15-12(16)6-5-11-3-2-8-18-11/h2-4,7-9H,5-6H2,1H3,(H,15,16). The van der Waals surface area contributed by atoms with Gasteiger partial charge in [0.15, 0.2) is 0 Å². The van der Waals surface area contributed by atoms with E-state index in [0.717, 1.165) is 6.42 Å². The van der Waals surface area contributed by atoms with Crippen molar-refractivity contribution in [3.05, 3.63) is 40.7 Å². The van der Waals surface area contributed by atoms with Crippen LogP contribution in [0.3, 0.4) is 0 Å². The molecule has 2 rings (SSSR count). The zero-order valence-corrected chi connectivity index (χ0v) is 10.9. The molecule has 2 heterocycles. The van der Waals surface area contributed by atoms with E-state index in [-0.39, 0.29) is 5.91 Å². The third kappa shape index (κ3) is 3.56. The van der Waals surface area contributed by atoms with Gasteiger partial charge in [0.05, 0.1) is 19.0 Å². The molecule has 0 radical (unpaired) electrons. The zero-order valence-electron chi connectivity index (χ0n) is 10.1. The third-order valence-corrected chi connectivity index (χ3v) is 3.34. The first kappa shape index (κ1) is 12.6. The van der Waals surface area contributed by atoms with Crippen molar-refractivity contribution in [1.82, 2.24) is 4.98 Å². The summed E-state index contributed by atoms with van der Waals surface area (Å²) in [4.78, 5) is 16.9. The first-order chi connectivity index (χ1) is 8.78. The summed E-state index contributed by atoms with van der Waals surface area (Å²) in [5.41, 5.74) is 0.687. The Bertz CT molecular complexity index is 494. The maximum atomic E-state index is 11.7. The number of aryl methyl sites for hydroxylation is 1. The van der Waals surface area contributed by atoms with Crippen LogP contribution in [-0.4, -0.2) is 18.0 Å². The van der Waals surface area contributed by atoms with Crippen molar-refractivity contribution in [2.45, 2.75) is 12.8 Å². The van der Waals surface area contributed by atoms with Gasteiger partial charge in [-0.1, -0.05) is 6.07 Å². The fourth-order valence-electron chi connectivity index (χ4n) is 1.49. The van der Waals surface area contributed by atoms with Crippen LogP contribution in [-0.2, 0) is 11.2 Å². The van der Waals surface area contributed by atoms with Crippen LogP contribution in [0.5, 0.6) is 5.88 Å². The monoisotopic (exact) mass is 262 g/mol. The number of thiophene rings is 1. The number of hydrogen-bond acceptors (Lipinski definition) is 4. The topological polar surface area (TPSA) is 51.2 Å². The second-order valence-electron chi connectivity index (χ2n) is 3.72. The van der Waals surface area contributed by atoms with E-state index in [1.54, 1.807) is 36.8 Å². The number of amides is 1. The minimum absolute atomic E-state index is 0.00429. The molecule has 0 fully saturated rings. The molecule has 4 nitrogen and oxygen atoms in total. The summed E-state index contributed by atoms with van der Waals surface area (Å²) in [5, 5.41) is 4.82. The highest BCUT2D eigenvalue weighted by Gasteiger charge is 2.04. The van der Waals surface area contributed by atoms with Gasteiger partial charge in [0.25, 0.3) is 0 Å².